The average molecular weight is 338 g/mol. The van der Waals surface area contributed by atoms with Gasteiger partial charge in [-0.2, -0.15) is 0 Å². The minimum atomic E-state index is -0.151. The third-order valence-electron chi connectivity index (χ3n) is 3.38. The van der Waals surface area contributed by atoms with Gasteiger partial charge in [0.25, 0.3) is 0 Å². The van der Waals surface area contributed by atoms with E-state index in [-0.39, 0.29) is 5.91 Å². The summed E-state index contributed by atoms with van der Waals surface area (Å²) in [6.07, 6.45) is 7.34. The monoisotopic (exact) mass is 338 g/mol. The van der Waals surface area contributed by atoms with Crippen LogP contribution in [0.3, 0.4) is 0 Å². The number of carbonyl (C=O) groups is 1. The van der Waals surface area contributed by atoms with E-state index < -0.39 is 0 Å². The van der Waals surface area contributed by atoms with Crippen molar-refractivity contribution in [2.24, 2.45) is 0 Å². The molecule has 2 rings (SSSR count). The van der Waals surface area contributed by atoms with E-state index in [1.54, 1.807) is 31.5 Å². The summed E-state index contributed by atoms with van der Waals surface area (Å²) in [4.78, 5) is 16.1. The SMILES string of the molecule is C=CCOc1ccc(/C=C/C(=O)NCCc2ccccn2)cc1OC. The Kier molecular flexibility index (Phi) is 7.25. The summed E-state index contributed by atoms with van der Waals surface area (Å²) in [6, 6.07) is 11.2. The van der Waals surface area contributed by atoms with Gasteiger partial charge in [0.2, 0.25) is 5.91 Å². The molecule has 0 radical (unpaired) electrons. The number of pyridine rings is 1. The van der Waals surface area contributed by atoms with Gasteiger partial charge >= 0.3 is 0 Å². The number of benzene rings is 1. The van der Waals surface area contributed by atoms with Crippen LogP contribution in [0.2, 0.25) is 0 Å². The zero-order valence-electron chi connectivity index (χ0n) is 14.3. The minimum Gasteiger partial charge on any atom is -0.493 e. The van der Waals surface area contributed by atoms with E-state index in [4.69, 9.17) is 9.47 Å². The van der Waals surface area contributed by atoms with E-state index in [1.165, 1.54) is 6.08 Å². The maximum Gasteiger partial charge on any atom is 0.244 e. The molecule has 0 fully saturated rings. The molecule has 0 saturated carbocycles. The third kappa shape index (κ3) is 6.14. The Balaban J connectivity index is 1.87. The first-order chi connectivity index (χ1) is 12.2. The van der Waals surface area contributed by atoms with Crippen LogP contribution < -0.4 is 14.8 Å². The lowest BCUT2D eigenvalue weighted by atomic mass is 10.2. The number of nitrogens with zero attached hydrogens (tertiary/aromatic N) is 1. The predicted molar refractivity (Wildman–Crippen MR) is 98.7 cm³/mol. The highest BCUT2D eigenvalue weighted by Crippen LogP contribution is 2.28. The number of hydrogen-bond donors (Lipinski definition) is 1. The van der Waals surface area contributed by atoms with Gasteiger partial charge in [0, 0.05) is 30.9 Å². The number of rotatable bonds is 9. The van der Waals surface area contributed by atoms with Crippen LogP contribution in [0.15, 0.2) is 61.3 Å². The zero-order chi connectivity index (χ0) is 17.9. The molecular weight excluding hydrogens is 316 g/mol. The Morgan fingerprint density at radius 3 is 2.88 bits per heavy atom. The topological polar surface area (TPSA) is 60.5 Å². The van der Waals surface area contributed by atoms with Crippen molar-refractivity contribution in [3.05, 3.63) is 72.6 Å². The quantitative estimate of drug-likeness (QED) is 0.564. The van der Waals surface area contributed by atoms with E-state index in [9.17, 15) is 4.79 Å². The second-order valence-electron chi connectivity index (χ2n) is 5.21. The summed E-state index contributed by atoms with van der Waals surface area (Å²) in [5, 5.41) is 2.84. The van der Waals surface area contributed by atoms with Crippen LogP contribution in [0.5, 0.6) is 11.5 Å². The second-order valence-corrected chi connectivity index (χ2v) is 5.21. The molecule has 0 spiro atoms. The van der Waals surface area contributed by atoms with Crippen LogP contribution in [0.4, 0.5) is 0 Å². The Bertz CT molecular complexity index is 727. The highest BCUT2D eigenvalue weighted by atomic mass is 16.5. The number of amides is 1. The van der Waals surface area contributed by atoms with Gasteiger partial charge in [0.05, 0.1) is 7.11 Å². The molecule has 1 amide bonds. The van der Waals surface area contributed by atoms with Gasteiger partial charge in [-0.15, -0.1) is 0 Å². The highest BCUT2D eigenvalue weighted by Gasteiger charge is 2.04. The molecule has 0 aliphatic carbocycles. The van der Waals surface area contributed by atoms with E-state index in [0.29, 0.717) is 31.1 Å². The van der Waals surface area contributed by atoms with Crippen molar-refractivity contribution in [2.75, 3.05) is 20.3 Å². The summed E-state index contributed by atoms with van der Waals surface area (Å²) >= 11 is 0. The molecule has 0 aliphatic rings. The number of carbonyl (C=O) groups excluding carboxylic acids is 1. The van der Waals surface area contributed by atoms with Crippen LogP contribution in [0.1, 0.15) is 11.3 Å². The summed E-state index contributed by atoms with van der Waals surface area (Å²) in [7, 11) is 1.58. The van der Waals surface area contributed by atoms with E-state index in [0.717, 1.165) is 11.3 Å². The number of ether oxygens (including phenoxy) is 2. The molecule has 2 aromatic rings. The van der Waals surface area contributed by atoms with Crippen LogP contribution in [-0.4, -0.2) is 31.2 Å². The lowest BCUT2D eigenvalue weighted by Gasteiger charge is -2.09. The second kappa shape index (κ2) is 9.93. The van der Waals surface area contributed by atoms with Crippen molar-refractivity contribution in [3.63, 3.8) is 0 Å². The first-order valence-corrected chi connectivity index (χ1v) is 8.00. The molecule has 0 aliphatic heterocycles. The van der Waals surface area contributed by atoms with Gasteiger partial charge in [-0.25, -0.2) is 0 Å². The number of hydrogen-bond acceptors (Lipinski definition) is 4. The summed E-state index contributed by atoms with van der Waals surface area (Å²) < 4.78 is 10.8. The highest BCUT2D eigenvalue weighted by molar-refractivity contribution is 5.91. The fourth-order valence-corrected chi connectivity index (χ4v) is 2.15. The number of methoxy groups -OCH3 is 1. The summed E-state index contributed by atoms with van der Waals surface area (Å²) in [5.41, 5.74) is 1.80. The molecule has 1 aromatic carbocycles. The Labute approximate surface area is 148 Å². The first kappa shape index (κ1) is 18.3. The van der Waals surface area contributed by atoms with E-state index >= 15 is 0 Å². The molecule has 0 saturated heterocycles. The molecule has 1 N–H and O–H groups in total. The molecule has 25 heavy (non-hydrogen) atoms. The lowest BCUT2D eigenvalue weighted by molar-refractivity contribution is -0.116. The van der Waals surface area contributed by atoms with Crippen LogP contribution >= 0.6 is 0 Å². The Morgan fingerprint density at radius 1 is 1.28 bits per heavy atom. The van der Waals surface area contributed by atoms with E-state index in [2.05, 4.69) is 16.9 Å². The molecule has 130 valence electrons. The first-order valence-electron chi connectivity index (χ1n) is 8.00. The molecule has 1 heterocycles. The fraction of sp³-hybridized carbons (Fsp3) is 0.200. The van der Waals surface area contributed by atoms with Gasteiger partial charge in [-0.05, 0) is 35.9 Å². The minimum absolute atomic E-state index is 0.151. The van der Waals surface area contributed by atoms with Crippen molar-refractivity contribution in [1.82, 2.24) is 10.3 Å². The van der Waals surface area contributed by atoms with Crippen molar-refractivity contribution in [1.29, 1.82) is 0 Å². The predicted octanol–water partition coefficient (Wildman–Crippen LogP) is 3.03. The Morgan fingerprint density at radius 2 is 2.16 bits per heavy atom. The molecular formula is C20H22N2O3. The maximum absolute atomic E-state index is 11.9. The van der Waals surface area contributed by atoms with Crippen LogP contribution in [0.25, 0.3) is 6.08 Å². The average Bonchev–Trinajstić information content (AvgIpc) is 2.65. The van der Waals surface area contributed by atoms with Gasteiger partial charge < -0.3 is 14.8 Å². The standard InChI is InChI=1S/C20H22N2O3/c1-3-14-25-18-9-7-16(15-19(18)24-2)8-10-20(23)22-13-11-17-6-4-5-12-21-17/h3-10,12,15H,1,11,13-14H2,2H3,(H,22,23)/b10-8+. The molecule has 0 atom stereocenters. The van der Waals surface area contributed by atoms with Gasteiger partial charge in [-0.1, -0.05) is 24.8 Å². The van der Waals surface area contributed by atoms with Crippen molar-refractivity contribution >= 4 is 12.0 Å². The van der Waals surface area contributed by atoms with Crippen LogP contribution in [0, 0.1) is 0 Å². The lowest BCUT2D eigenvalue weighted by Crippen LogP contribution is -2.23. The summed E-state index contributed by atoms with van der Waals surface area (Å²) in [5.74, 6) is 1.10. The molecule has 0 bridgehead atoms. The Hall–Kier alpha value is -3.08. The zero-order valence-corrected chi connectivity index (χ0v) is 14.3. The molecule has 5 heteroatoms. The molecule has 1 aromatic heterocycles. The van der Waals surface area contributed by atoms with Gasteiger partial charge in [0.1, 0.15) is 6.61 Å². The van der Waals surface area contributed by atoms with Crippen LogP contribution in [-0.2, 0) is 11.2 Å². The molecule has 0 unspecified atom stereocenters. The number of aromatic nitrogens is 1. The van der Waals surface area contributed by atoms with Crippen molar-refractivity contribution in [2.45, 2.75) is 6.42 Å². The van der Waals surface area contributed by atoms with Gasteiger partial charge in [0.15, 0.2) is 11.5 Å². The largest absolute Gasteiger partial charge is 0.493 e. The molecule has 5 nitrogen and oxygen atoms in total. The fourth-order valence-electron chi connectivity index (χ4n) is 2.15. The smallest absolute Gasteiger partial charge is 0.244 e. The normalized spacial score (nSPS) is 10.4. The van der Waals surface area contributed by atoms with Crippen molar-refractivity contribution in [3.8, 4) is 11.5 Å². The summed E-state index contributed by atoms with van der Waals surface area (Å²) in [6.45, 7) is 4.56. The van der Waals surface area contributed by atoms with E-state index in [1.807, 2.05) is 30.3 Å². The van der Waals surface area contributed by atoms with Gasteiger partial charge in [-0.3, -0.25) is 9.78 Å². The third-order valence-corrected chi connectivity index (χ3v) is 3.38. The van der Waals surface area contributed by atoms with Crippen molar-refractivity contribution < 1.29 is 14.3 Å². The maximum atomic E-state index is 11.9. The number of nitrogens with one attached hydrogen (secondary N) is 1.